The number of ether oxygens (including phenoxy) is 1. The second-order valence-corrected chi connectivity index (χ2v) is 3.55. The lowest BCUT2D eigenvalue weighted by Crippen LogP contribution is -1.97. The first-order chi connectivity index (χ1) is 5.68. The largest absolute Gasteiger partial charge is 0.487 e. The molecule has 1 atom stereocenters. The summed E-state index contributed by atoms with van der Waals surface area (Å²) < 4.78 is 18.6. The summed E-state index contributed by atoms with van der Waals surface area (Å²) in [6.45, 7) is 0.142. The lowest BCUT2D eigenvalue weighted by molar-refractivity contribution is 0.139. The summed E-state index contributed by atoms with van der Waals surface area (Å²) in [5, 5.41) is 9.32. The molecule has 0 fully saturated rings. The molecule has 0 amide bonds. The van der Waals surface area contributed by atoms with Gasteiger partial charge in [0, 0.05) is 10.0 Å². The Kier molecular flexibility index (Phi) is 1.81. The minimum atomic E-state index is -0.702. The number of aliphatic hydroxyl groups excluding tert-OH is 1. The van der Waals surface area contributed by atoms with Gasteiger partial charge in [-0.3, -0.25) is 0 Å². The summed E-state index contributed by atoms with van der Waals surface area (Å²) in [6, 6.07) is 2.98. The van der Waals surface area contributed by atoms with E-state index in [1.807, 2.05) is 0 Å². The SMILES string of the molecule is OC1COc2c(F)cc(Br)cc21. The average molecular weight is 233 g/mol. The van der Waals surface area contributed by atoms with E-state index in [4.69, 9.17) is 4.74 Å². The van der Waals surface area contributed by atoms with E-state index in [1.54, 1.807) is 6.07 Å². The summed E-state index contributed by atoms with van der Waals surface area (Å²) in [6.07, 6.45) is -0.702. The Balaban J connectivity index is 2.60. The Morgan fingerprint density at radius 1 is 1.58 bits per heavy atom. The fraction of sp³-hybridized carbons (Fsp3) is 0.250. The van der Waals surface area contributed by atoms with Gasteiger partial charge in [-0.1, -0.05) is 15.9 Å². The van der Waals surface area contributed by atoms with Gasteiger partial charge in [-0.05, 0) is 12.1 Å². The Hall–Kier alpha value is -0.610. The van der Waals surface area contributed by atoms with Crippen molar-refractivity contribution in [3.63, 3.8) is 0 Å². The smallest absolute Gasteiger partial charge is 0.166 e. The van der Waals surface area contributed by atoms with Crippen molar-refractivity contribution in [2.75, 3.05) is 6.61 Å². The average Bonchev–Trinajstić information content (AvgIpc) is 2.33. The Bertz CT molecular complexity index is 327. The molecule has 4 heteroatoms. The molecule has 0 saturated carbocycles. The van der Waals surface area contributed by atoms with Crippen LogP contribution in [0.2, 0.25) is 0 Å². The predicted octanol–water partition coefficient (Wildman–Crippen LogP) is 2.01. The van der Waals surface area contributed by atoms with Crippen molar-refractivity contribution in [1.82, 2.24) is 0 Å². The van der Waals surface area contributed by atoms with E-state index < -0.39 is 11.9 Å². The van der Waals surface area contributed by atoms with Crippen LogP contribution in [0.1, 0.15) is 11.7 Å². The Labute approximate surface area is 77.1 Å². The first-order valence-electron chi connectivity index (χ1n) is 3.48. The Morgan fingerprint density at radius 2 is 2.33 bits per heavy atom. The standard InChI is InChI=1S/C8H6BrFO2/c9-4-1-5-7(11)3-12-8(5)6(10)2-4/h1-2,7,11H,3H2. The molecule has 2 nitrogen and oxygen atoms in total. The van der Waals surface area contributed by atoms with Crippen LogP contribution >= 0.6 is 15.9 Å². The number of aliphatic hydroxyl groups is 1. The van der Waals surface area contributed by atoms with Crippen LogP contribution in [0.25, 0.3) is 0 Å². The van der Waals surface area contributed by atoms with Crippen molar-refractivity contribution in [2.24, 2.45) is 0 Å². The molecular weight excluding hydrogens is 227 g/mol. The summed E-state index contributed by atoms with van der Waals surface area (Å²) >= 11 is 3.14. The van der Waals surface area contributed by atoms with Crippen LogP contribution in [0, 0.1) is 5.82 Å². The van der Waals surface area contributed by atoms with Gasteiger partial charge in [-0.2, -0.15) is 0 Å². The molecule has 0 spiro atoms. The lowest BCUT2D eigenvalue weighted by Gasteiger charge is -2.01. The first kappa shape index (κ1) is 8.01. The van der Waals surface area contributed by atoms with Gasteiger partial charge in [0.25, 0.3) is 0 Å². The van der Waals surface area contributed by atoms with Crippen LogP contribution in [0.3, 0.4) is 0 Å². The quantitative estimate of drug-likeness (QED) is 0.742. The third-order valence-electron chi connectivity index (χ3n) is 1.78. The molecule has 0 aromatic heterocycles. The highest BCUT2D eigenvalue weighted by atomic mass is 79.9. The van der Waals surface area contributed by atoms with E-state index in [9.17, 15) is 9.50 Å². The lowest BCUT2D eigenvalue weighted by atomic mass is 10.1. The maximum absolute atomic E-state index is 13.1. The highest BCUT2D eigenvalue weighted by Crippen LogP contribution is 2.36. The van der Waals surface area contributed by atoms with Crippen LogP contribution in [0.4, 0.5) is 4.39 Å². The third kappa shape index (κ3) is 1.11. The molecule has 1 N–H and O–H groups in total. The van der Waals surface area contributed by atoms with Gasteiger partial charge >= 0.3 is 0 Å². The van der Waals surface area contributed by atoms with E-state index in [0.717, 1.165) is 0 Å². The van der Waals surface area contributed by atoms with Crippen molar-refractivity contribution < 1.29 is 14.2 Å². The summed E-state index contributed by atoms with van der Waals surface area (Å²) in [5.41, 5.74) is 0.516. The monoisotopic (exact) mass is 232 g/mol. The second-order valence-electron chi connectivity index (χ2n) is 2.63. The molecule has 1 aliphatic rings. The molecule has 1 aromatic rings. The topological polar surface area (TPSA) is 29.5 Å². The number of rotatable bonds is 0. The molecular formula is C8H6BrFO2. The van der Waals surface area contributed by atoms with Crippen LogP contribution in [-0.4, -0.2) is 11.7 Å². The summed E-state index contributed by atoms with van der Waals surface area (Å²) in [4.78, 5) is 0. The van der Waals surface area contributed by atoms with Crippen molar-refractivity contribution in [1.29, 1.82) is 0 Å². The number of halogens is 2. The fourth-order valence-corrected chi connectivity index (χ4v) is 1.68. The molecule has 1 heterocycles. The summed E-state index contributed by atoms with van der Waals surface area (Å²) in [5.74, 6) is -0.262. The van der Waals surface area contributed by atoms with Crippen LogP contribution in [0.15, 0.2) is 16.6 Å². The molecule has 1 aliphatic heterocycles. The molecule has 0 aliphatic carbocycles. The van der Waals surface area contributed by atoms with Crippen molar-refractivity contribution >= 4 is 15.9 Å². The van der Waals surface area contributed by atoms with Gasteiger partial charge in [-0.25, -0.2) is 4.39 Å². The summed E-state index contributed by atoms with van der Waals surface area (Å²) in [7, 11) is 0. The van der Waals surface area contributed by atoms with Gasteiger partial charge in [0.1, 0.15) is 12.7 Å². The minimum absolute atomic E-state index is 0.142. The molecule has 1 unspecified atom stereocenters. The molecule has 64 valence electrons. The predicted molar refractivity (Wildman–Crippen MR) is 44.6 cm³/mol. The molecule has 1 aromatic carbocycles. The number of benzene rings is 1. The highest BCUT2D eigenvalue weighted by molar-refractivity contribution is 9.10. The second kappa shape index (κ2) is 2.71. The van der Waals surface area contributed by atoms with Gasteiger partial charge in [0.2, 0.25) is 0 Å². The van der Waals surface area contributed by atoms with Gasteiger partial charge in [0.05, 0.1) is 0 Å². The number of hydrogen-bond donors (Lipinski definition) is 1. The van der Waals surface area contributed by atoms with Crippen LogP contribution in [0.5, 0.6) is 5.75 Å². The normalized spacial score (nSPS) is 20.4. The molecule has 0 saturated heterocycles. The van der Waals surface area contributed by atoms with Crippen molar-refractivity contribution in [3.05, 3.63) is 28.0 Å². The van der Waals surface area contributed by atoms with E-state index in [2.05, 4.69) is 15.9 Å². The zero-order chi connectivity index (χ0) is 8.72. The van der Waals surface area contributed by atoms with Gasteiger partial charge < -0.3 is 9.84 Å². The highest BCUT2D eigenvalue weighted by Gasteiger charge is 2.25. The van der Waals surface area contributed by atoms with Crippen molar-refractivity contribution in [3.8, 4) is 5.75 Å². The Morgan fingerprint density at radius 3 is 3.08 bits per heavy atom. The fourth-order valence-electron chi connectivity index (χ4n) is 1.23. The minimum Gasteiger partial charge on any atom is -0.487 e. The first-order valence-corrected chi connectivity index (χ1v) is 4.27. The van der Waals surface area contributed by atoms with E-state index >= 15 is 0 Å². The zero-order valence-electron chi connectivity index (χ0n) is 6.05. The maximum Gasteiger partial charge on any atom is 0.166 e. The van der Waals surface area contributed by atoms with E-state index in [-0.39, 0.29) is 12.4 Å². The molecule has 0 radical (unpaired) electrons. The van der Waals surface area contributed by atoms with Gasteiger partial charge in [-0.15, -0.1) is 0 Å². The van der Waals surface area contributed by atoms with E-state index in [0.29, 0.717) is 10.0 Å². The number of hydrogen-bond acceptors (Lipinski definition) is 2. The van der Waals surface area contributed by atoms with Gasteiger partial charge in [0.15, 0.2) is 11.6 Å². The maximum atomic E-state index is 13.1. The number of fused-ring (bicyclic) bond motifs is 1. The molecule has 12 heavy (non-hydrogen) atoms. The molecule has 2 rings (SSSR count). The van der Waals surface area contributed by atoms with Crippen LogP contribution < -0.4 is 4.74 Å². The zero-order valence-corrected chi connectivity index (χ0v) is 7.64. The van der Waals surface area contributed by atoms with Crippen LogP contribution in [-0.2, 0) is 0 Å². The molecule has 0 bridgehead atoms. The van der Waals surface area contributed by atoms with Crippen molar-refractivity contribution in [2.45, 2.75) is 6.10 Å². The van der Waals surface area contributed by atoms with E-state index in [1.165, 1.54) is 6.07 Å². The third-order valence-corrected chi connectivity index (χ3v) is 2.24.